The summed E-state index contributed by atoms with van der Waals surface area (Å²) in [6.07, 6.45) is 6.56. The number of halogens is 1. The van der Waals surface area contributed by atoms with E-state index < -0.39 is 14.4 Å². The number of allylic oxidation sites excluding steroid dienone is 1. The summed E-state index contributed by atoms with van der Waals surface area (Å²) in [5.74, 6) is -0.262. The van der Waals surface area contributed by atoms with Crippen LogP contribution in [-0.2, 0) is 10.8 Å². The first-order valence-electron chi connectivity index (χ1n) is 13.9. The van der Waals surface area contributed by atoms with Gasteiger partial charge in [-0.2, -0.15) is 5.10 Å². The third kappa shape index (κ3) is 4.66. The van der Waals surface area contributed by atoms with E-state index in [4.69, 9.17) is 4.43 Å². The molecule has 0 radical (unpaired) electrons. The van der Waals surface area contributed by atoms with Gasteiger partial charge in [0.05, 0.1) is 30.3 Å². The van der Waals surface area contributed by atoms with Crippen molar-refractivity contribution in [3.8, 4) is 5.69 Å². The van der Waals surface area contributed by atoms with Crippen molar-refractivity contribution in [1.82, 2.24) is 9.78 Å². The molecular weight excluding hydrogens is 483 g/mol. The zero-order chi connectivity index (χ0) is 27.2. The highest BCUT2D eigenvalue weighted by atomic mass is 28.4. The Bertz CT molecular complexity index is 1100. The van der Waals surface area contributed by atoms with Gasteiger partial charge in [0, 0.05) is 17.4 Å². The SMILES string of the molecule is CC(C)[Si](OC[C@@]1(CC(O)CO)CCC2=Cc3c(cnn3-c3ccc(F)cc3)C[C@@]21C)(C(C)C)C(C)C. The van der Waals surface area contributed by atoms with Crippen LogP contribution in [0.25, 0.3) is 11.8 Å². The van der Waals surface area contributed by atoms with Gasteiger partial charge in [0.25, 0.3) is 0 Å². The minimum atomic E-state index is -2.12. The van der Waals surface area contributed by atoms with Crippen LogP contribution in [0.5, 0.6) is 0 Å². The van der Waals surface area contributed by atoms with E-state index in [-0.39, 0.29) is 23.3 Å². The maximum absolute atomic E-state index is 13.5. The summed E-state index contributed by atoms with van der Waals surface area (Å²) in [4.78, 5) is 0. The number of rotatable bonds is 10. The molecule has 2 N–H and O–H groups in total. The Morgan fingerprint density at radius 2 is 1.70 bits per heavy atom. The Morgan fingerprint density at radius 3 is 2.27 bits per heavy atom. The lowest BCUT2D eigenvalue weighted by atomic mass is 9.59. The predicted octanol–water partition coefficient (Wildman–Crippen LogP) is 6.67. The van der Waals surface area contributed by atoms with Crippen molar-refractivity contribution in [2.45, 2.75) is 96.9 Å². The van der Waals surface area contributed by atoms with Crippen LogP contribution in [0, 0.1) is 16.6 Å². The van der Waals surface area contributed by atoms with Crippen LogP contribution < -0.4 is 0 Å². The molecule has 0 amide bonds. The van der Waals surface area contributed by atoms with Gasteiger partial charge >= 0.3 is 0 Å². The summed E-state index contributed by atoms with van der Waals surface area (Å²) in [6.45, 7) is 16.5. The van der Waals surface area contributed by atoms with Crippen LogP contribution in [0.2, 0.25) is 16.6 Å². The lowest BCUT2D eigenvalue weighted by molar-refractivity contribution is -0.0252. The van der Waals surface area contributed by atoms with Crippen LogP contribution in [0.15, 0.2) is 36.0 Å². The number of fused-ring (bicyclic) bond motifs is 2. The van der Waals surface area contributed by atoms with Gasteiger partial charge in [-0.05, 0) is 78.2 Å². The zero-order valence-electron chi connectivity index (χ0n) is 23.6. The first-order valence-corrected chi connectivity index (χ1v) is 16.0. The van der Waals surface area contributed by atoms with E-state index in [1.807, 2.05) is 10.9 Å². The second kappa shape index (κ2) is 10.4. The van der Waals surface area contributed by atoms with Gasteiger partial charge in [-0.1, -0.05) is 54.0 Å². The van der Waals surface area contributed by atoms with Gasteiger partial charge < -0.3 is 14.6 Å². The molecule has 0 saturated heterocycles. The van der Waals surface area contributed by atoms with Gasteiger partial charge in [-0.15, -0.1) is 0 Å². The molecule has 0 spiro atoms. The molecule has 0 aliphatic heterocycles. The zero-order valence-corrected chi connectivity index (χ0v) is 24.6. The normalized spacial score (nSPS) is 24.5. The van der Waals surface area contributed by atoms with E-state index in [1.165, 1.54) is 17.7 Å². The molecule has 2 aliphatic rings. The molecule has 2 aromatic rings. The summed E-state index contributed by atoms with van der Waals surface area (Å²) < 4.78 is 22.6. The number of nitrogens with zero attached hydrogens (tertiary/aromatic N) is 2. The van der Waals surface area contributed by atoms with Crippen molar-refractivity contribution in [3.05, 3.63) is 53.1 Å². The molecule has 2 aliphatic carbocycles. The van der Waals surface area contributed by atoms with E-state index in [2.05, 4.69) is 59.6 Å². The molecule has 5 nitrogen and oxygen atoms in total. The highest BCUT2D eigenvalue weighted by molar-refractivity contribution is 6.77. The van der Waals surface area contributed by atoms with Gasteiger partial charge in [0.1, 0.15) is 5.82 Å². The van der Waals surface area contributed by atoms with E-state index >= 15 is 0 Å². The Hall–Kier alpha value is -1.80. The third-order valence-electron chi connectivity index (χ3n) is 9.71. The second-order valence-corrected chi connectivity index (χ2v) is 18.0. The smallest absolute Gasteiger partial charge is 0.200 e. The maximum atomic E-state index is 13.5. The topological polar surface area (TPSA) is 67.5 Å². The summed E-state index contributed by atoms with van der Waals surface area (Å²) in [7, 11) is -2.12. The minimum absolute atomic E-state index is 0.210. The monoisotopic (exact) mass is 528 g/mol. The minimum Gasteiger partial charge on any atom is -0.415 e. The lowest BCUT2D eigenvalue weighted by Gasteiger charge is -2.50. The van der Waals surface area contributed by atoms with Crippen molar-refractivity contribution in [3.63, 3.8) is 0 Å². The van der Waals surface area contributed by atoms with Crippen LogP contribution in [0.1, 0.15) is 79.0 Å². The molecule has 4 rings (SSSR count). The first kappa shape index (κ1) is 28.2. The summed E-state index contributed by atoms with van der Waals surface area (Å²) in [6, 6.07) is 6.44. The highest BCUT2D eigenvalue weighted by Gasteiger charge is 2.58. The molecule has 1 fully saturated rings. The van der Waals surface area contributed by atoms with Gasteiger partial charge in [0.15, 0.2) is 8.32 Å². The van der Waals surface area contributed by atoms with Crippen molar-refractivity contribution in [2.75, 3.05) is 13.2 Å². The second-order valence-electron chi connectivity index (χ2n) is 12.5. The van der Waals surface area contributed by atoms with E-state index in [9.17, 15) is 14.6 Å². The fourth-order valence-electron chi connectivity index (χ4n) is 7.71. The van der Waals surface area contributed by atoms with Crippen molar-refractivity contribution in [2.24, 2.45) is 10.8 Å². The summed E-state index contributed by atoms with van der Waals surface area (Å²) >= 11 is 0. The molecule has 1 unspecified atom stereocenters. The summed E-state index contributed by atoms with van der Waals surface area (Å²) in [5, 5.41) is 25.3. The first-order chi connectivity index (χ1) is 17.4. The molecule has 3 atom stereocenters. The van der Waals surface area contributed by atoms with Crippen LogP contribution in [-0.4, -0.2) is 47.6 Å². The molecule has 0 bridgehead atoms. The van der Waals surface area contributed by atoms with Crippen LogP contribution in [0.3, 0.4) is 0 Å². The molecule has 1 aromatic carbocycles. The average Bonchev–Trinajstić information content (AvgIpc) is 3.35. The van der Waals surface area contributed by atoms with E-state index in [1.54, 1.807) is 12.1 Å². The Morgan fingerprint density at radius 1 is 1.08 bits per heavy atom. The number of hydrogen-bond donors (Lipinski definition) is 2. The maximum Gasteiger partial charge on any atom is 0.200 e. The van der Waals surface area contributed by atoms with E-state index in [0.29, 0.717) is 29.7 Å². The molecule has 37 heavy (non-hydrogen) atoms. The molecule has 1 saturated carbocycles. The molecule has 1 heterocycles. The Kier molecular flexibility index (Phi) is 7.93. The number of hydrogen-bond acceptors (Lipinski definition) is 4. The molecule has 1 aromatic heterocycles. The van der Waals surface area contributed by atoms with E-state index in [0.717, 1.165) is 36.2 Å². The molecular formula is C30H45FN2O3Si. The fraction of sp³-hybridized carbons (Fsp3) is 0.633. The largest absolute Gasteiger partial charge is 0.415 e. The average molecular weight is 529 g/mol. The van der Waals surface area contributed by atoms with Gasteiger partial charge in [-0.25, -0.2) is 9.07 Å². The summed E-state index contributed by atoms with van der Waals surface area (Å²) in [5.41, 5.74) is 5.33. The lowest BCUT2D eigenvalue weighted by Crippen LogP contribution is -2.53. The Balaban J connectivity index is 1.73. The van der Waals surface area contributed by atoms with Crippen molar-refractivity contribution in [1.29, 1.82) is 0 Å². The van der Waals surface area contributed by atoms with Crippen LogP contribution >= 0.6 is 0 Å². The fourth-order valence-corrected chi connectivity index (χ4v) is 13.2. The number of aliphatic hydroxyl groups is 2. The number of benzene rings is 1. The van der Waals surface area contributed by atoms with Crippen molar-refractivity contribution >= 4 is 14.4 Å². The van der Waals surface area contributed by atoms with Crippen LogP contribution in [0.4, 0.5) is 4.39 Å². The third-order valence-corrected chi connectivity index (χ3v) is 15.8. The Labute approximate surface area is 222 Å². The molecule has 204 valence electrons. The number of aromatic nitrogens is 2. The number of aliphatic hydroxyl groups excluding tert-OH is 2. The quantitative estimate of drug-likeness (QED) is 0.338. The highest BCUT2D eigenvalue weighted by Crippen LogP contribution is 2.63. The van der Waals surface area contributed by atoms with Gasteiger partial charge in [0.2, 0.25) is 0 Å². The predicted molar refractivity (Wildman–Crippen MR) is 150 cm³/mol. The van der Waals surface area contributed by atoms with Crippen molar-refractivity contribution < 1.29 is 19.0 Å². The molecule has 7 heteroatoms. The van der Waals surface area contributed by atoms with Gasteiger partial charge in [-0.3, -0.25) is 0 Å². The standard InChI is InChI=1S/C30H45FN2O3Si/c1-20(2)37(21(3)4,22(5)6)36-19-30(16-27(35)18-34)13-12-24-14-28-23(15-29(24,30)7)17-32-33(28)26-10-8-25(31)9-11-26/h8-11,14,17,20-22,27,34-35H,12-13,15-16,18-19H2,1-7H3/t27?,29-,30-/m0/s1.